The van der Waals surface area contributed by atoms with Crippen LogP contribution in [-0.2, 0) is 20.8 Å². The monoisotopic (exact) mass is 442 g/mol. The lowest BCUT2D eigenvalue weighted by molar-refractivity contribution is -0.147. The molecule has 0 spiro atoms. The molecule has 0 heterocycles. The Morgan fingerprint density at radius 1 is 1.00 bits per heavy atom. The zero-order chi connectivity index (χ0) is 23.7. The number of carbonyl (C=O) groups excluding carboxylic acids is 2. The standard InChI is InChI=1S/C21H22N4O7/c22-21(23)24-14-6-4-13(5-7-14)20(31)32-15-8-1-12(2-9-15)3-10-17(26)25-16(19(29)30)11-18(27)28/h1-2,4-9,16H,3,10-11H2,(H,25,26)(H,27,28)(H,29,30)(H4,22,23,24)/t16-/m0/s1. The highest BCUT2D eigenvalue weighted by atomic mass is 16.5. The van der Waals surface area contributed by atoms with Gasteiger partial charge in [0.25, 0.3) is 0 Å². The summed E-state index contributed by atoms with van der Waals surface area (Å²) < 4.78 is 5.29. The summed E-state index contributed by atoms with van der Waals surface area (Å²) in [7, 11) is 0. The molecule has 0 saturated carbocycles. The van der Waals surface area contributed by atoms with Gasteiger partial charge in [-0.05, 0) is 48.4 Å². The van der Waals surface area contributed by atoms with Gasteiger partial charge in [-0.3, -0.25) is 15.0 Å². The molecule has 0 saturated heterocycles. The quantitative estimate of drug-likeness (QED) is 0.136. The summed E-state index contributed by atoms with van der Waals surface area (Å²) in [5.74, 6) is -3.84. The van der Waals surface area contributed by atoms with E-state index in [1.165, 1.54) is 12.1 Å². The van der Waals surface area contributed by atoms with Crippen molar-refractivity contribution in [1.29, 1.82) is 5.41 Å². The predicted molar refractivity (Wildman–Crippen MR) is 114 cm³/mol. The van der Waals surface area contributed by atoms with Crippen LogP contribution in [0.1, 0.15) is 28.8 Å². The molecule has 7 N–H and O–H groups in total. The highest BCUT2D eigenvalue weighted by Crippen LogP contribution is 2.16. The minimum atomic E-state index is -1.49. The molecule has 1 amide bonds. The van der Waals surface area contributed by atoms with Crippen LogP contribution in [0.15, 0.2) is 48.5 Å². The number of rotatable bonds is 10. The number of amides is 1. The third-order valence-corrected chi connectivity index (χ3v) is 4.19. The van der Waals surface area contributed by atoms with E-state index in [0.717, 1.165) is 5.56 Å². The van der Waals surface area contributed by atoms with Crippen molar-refractivity contribution in [3.8, 4) is 5.75 Å². The number of carboxylic acid groups (broad SMARTS) is 2. The first-order chi connectivity index (χ1) is 15.1. The number of anilines is 1. The number of aliphatic carboxylic acids is 2. The van der Waals surface area contributed by atoms with Gasteiger partial charge < -0.3 is 31.3 Å². The van der Waals surface area contributed by atoms with Crippen LogP contribution in [0.2, 0.25) is 0 Å². The van der Waals surface area contributed by atoms with Crippen molar-refractivity contribution in [2.75, 3.05) is 5.32 Å². The van der Waals surface area contributed by atoms with Crippen molar-refractivity contribution in [1.82, 2.24) is 5.32 Å². The third-order valence-electron chi connectivity index (χ3n) is 4.19. The number of carbonyl (C=O) groups is 4. The summed E-state index contributed by atoms with van der Waals surface area (Å²) in [6, 6.07) is 11.1. The van der Waals surface area contributed by atoms with Crippen molar-refractivity contribution in [3.63, 3.8) is 0 Å². The summed E-state index contributed by atoms with van der Waals surface area (Å²) in [6.07, 6.45) is -0.468. The summed E-state index contributed by atoms with van der Waals surface area (Å²) in [6.45, 7) is 0. The van der Waals surface area contributed by atoms with Gasteiger partial charge in [0, 0.05) is 12.1 Å². The first kappa shape index (κ1) is 23.9. The molecule has 11 nitrogen and oxygen atoms in total. The fourth-order valence-electron chi connectivity index (χ4n) is 2.63. The average Bonchev–Trinajstić information content (AvgIpc) is 2.72. The first-order valence-corrected chi connectivity index (χ1v) is 9.40. The Labute approximate surface area is 182 Å². The van der Waals surface area contributed by atoms with Crippen LogP contribution in [0.5, 0.6) is 5.75 Å². The molecule has 0 aliphatic heterocycles. The maximum Gasteiger partial charge on any atom is 0.343 e. The fraction of sp³-hybridized carbons (Fsp3) is 0.190. The SMILES string of the molecule is N=C(N)Nc1ccc(C(=O)Oc2ccc(CCC(=O)N[C@@H](CC(=O)O)C(=O)O)cc2)cc1. The number of aryl methyl sites for hydroxylation is 1. The molecule has 2 aromatic rings. The Bertz CT molecular complexity index is 1000. The predicted octanol–water partition coefficient (Wildman–Crippen LogP) is 1.19. The molecule has 168 valence electrons. The molecule has 0 aromatic heterocycles. The number of hydrogen-bond donors (Lipinski definition) is 6. The molecule has 32 heavy (non-hydrogen) atoms. The molecule has 11 heteroatoms. The van der Waals surface area contributed by atoms with Gasteiger partial charge in [0.2, 0.25) is 5.91 Å². The third kappa shape index (κ3) is 7.78. The van der Waals surface area contributed by atoms with Crippen molar-refractivity contribution in [2.45, 2.75) is 25.3 Å². The van der Waals surface area contributed by atoms with Gasteiger partial charge in [0.15, 0.2) is 5.96 Å². The second-order valence-electron chi connectivity index (χ2n) is 6.71. The summed E-state index contributed by atoms with van der Waals surface area (Å²) >= 11 is 0. The number of guanidine groups is 1. The van der Waals surface area contributed by atoms with Gasteiger partial charge >= 0.3 is 17.9 Å². The van der Waals surface area contributed by atoms with E-state index in [9.17, 15) is 19.2 Å². The van der Waals surface area contributed by atoms with Crippen molar-refractivity contribution >= 4 is 35.5 Å². The second-order valence-corrected chi connectivity index (χ2v) is 6.71. The minimum absolute atomic E-state index is 0.0385. The zero-order valence-electron chi connectivity index (χ0n) is 16.8. The lowest BCUT2D eigenvalue weighted by atomic mass is 10.1. The molecule has 1 atom stereocenters. The molecule has 2 rings (SSSR count). The van der Waals surface area contributed by atoms with E-state index in [2.05, 4.69) is 10.6 Å². The number of ether oxygens (including phenoxy) is 1. The van der Waals surface area contributed by atoms with Gasteiger partial charge in [-0.2, -0.15) is 0 Å². The normalized spacial score (nSPS) is 11.1. The zero-order valence-corrected chi connectivity index (χ0v) is 16.8. The van der Waals surface area contributed by atoms with Crippen molar-refractivity contribution < 1.29 is 34.1 Å². The van der Waals surface area contributed by atoms with Crippen LogP contribution in [0.25, 0.3) is 0 Å². The topological polar surface area (TPSA) is 192 Å². The number of nitrogens with two attached hydrogens (primary N) is 1. The second kappa shape index (κ2) is 11.1. The Hall–Kier alpha value is -4.41. The van der Waals surface area contributed by atoms with Crippen LogP contribution in [0.3, 0.4) is 0 Å². The molecule has 0 bridgehead atoms. The van der Waals surface area contributed by atoms with Gasteiger partial charge in [-0.15, -0.1) is 0 Å². The maximum absolute atomic E-state index is 12.2. The highest BCUT2D eigenvalue weighted by molar-refractivity contribution is 5.93. The van der Waals surface area contributed by atoms with Crippen LogP contribution in [-0.4, -0.2) is 46.0 Å². The molecular formula is C21H22N4O7. The van der Waals surface area contributed by atoms with Crippen LogP contribution in [0.4, 0.5) is 5.69 Å². The van der Waals surface area contributed by atoms with E-state index in [0.29, 0.717) is 17.0 Å². The van der Waals surface area contributed by atoms with Crippen LogP contribution in [0, 0.1) is 5.41 Å². The van der Waals surface area contributed by atoms with Gasteiger partial charge in [-0.25, -0.2) is 9.59 Å². The molecule has 0 fully saturated rings. The number of esters is 1. The van der Waals surface area contributed by atoms with Crippen LogP contribution < -0.4 is 21.1 Å². The summed E-state index contributed by atoms with van der Waals surface area (Å²) in [5.41, 5.74) is 6.83. The van der Waals surface area contributed by atoms with Crippen LogP contribution >= 0.6 is 0 Å². The Balaban J connectivity index is 1.86. The van der Waals surface area contributed by atoms with E-state index >= 15 is 0 Å². The van der Waals surface area contributed by atoms with E-state index < -0.39 is 36.3 Å². The minimum Gasteiger partial charge on any atom is -0.481 e. The molecular weight excluding hydrogens is 420 g/mol. The lowest BCUT2D eigenvalue weighted by Gasteiger charge is -2.12. The van der Waals surface area contributed by atoms with Gasteiger partial charge in [0.05, 0.1) is 12.0 Å². The Morgan fingerprint density at radius 3 is 2.16 bits per heavy atom. The molecule has 2 aromatic carbocycles. The lowest BCUT2D eigenvalue weighted by Crippen LogP contribution is -2.42. The van der Waals surface area contributed by atoms with E-state index in [1.807, 2.05) is 0 Å². The highest BCUT2D eigenvalue weighted by Gasteiger charge is 2.22. The van der Waals surface area contributed by atoms with E-state index in [4.69, 9.17) is 26.1 Å². The molecule has 0 aliphatic rings. The smallest absolute Gasteiger partial charge is 0.343 e. The van der Waals surface area contributed by atoms with Gasteiger partial charge in [-0.1, -0.05) is 12.1 Å². The summed E-state index contributed by atoms with van der Waals surface area (Å²) in [4.78, 5) is 45.8. The number of carboxylic acids is 2. The molecule has 0 radical (unpaired) electrons. The number of hydrogen-bond acceptors (Lipinski definition) is 6. The Morgan fingerprint density at radius 2 is 1.62 bits per heavy atom. The average molecular weight is 442 g/mol. The maximum atomic E-state index is 12.2. The number of benzene rings is 2. The fourth-order valence-corrected chi connectivity index (χ4v) is 2.63. The van der Waals surface area contributed by atoms with E-state index in [1.54, 1.807) is 36.4 Å². The van der Waals surface area contributed by atoms with E-state index in [-0.39, 0.29) is 18.8 Å². The van der Waals surface area contributed by atoms with Gasteiger partial charge in [0.1, 0.15) is 11.8 Å². The summed E-state index contributed by atoms with van der Waals surface area (Å²) in [5, 5.41) is 29.6. The van der Waals surface area contributed by atoms with Crippen molar-refractivity contribution in [2.24, 2.45) is 5.73 Å². The van der Waals surface area contributed by atoms with Crippen molar-refractivity contribution in [3.05, 3.63) is 59.7 Å². The molecule has 0 unspecified atom stereocenters. The molecule has 0 aliphatic carbocycles. The largest absolute Gasteiger partial charge is 0.481 e. The number of nitrogens with one attached hydrogen (secondary N) is 3. The first-order valence-electron chi connectivity index (χ1n) is 9.40. The Kier molecular flexibility index (Phi) is 8.29.